The SMILES string of the molecule is COc1cc(Cl)ccc1C(=O)NCCS(N)(=O)=O. The van der Waals surface area contributed by atoms with Crippen LogP contribution in [0.15, 0.2) is 18.2 Å². The molecular formula is C10H13ClN2O4S. The van der Waals surface area contributed by atoms with Crippen molar-refractivity contribution >= 4 is 27.5 Å². The van der Waals surface area contributed by atoms with Crippen molar-refractivity contribution in [2.24, 2.45) is 5.14 Å². The van der Waals surface area contributed by atoms with Crippen LogP contribution in [0.5, 0.6) is 5.75 Å². The minimum absolute atomic E-state index is 0.0660. The zero-order chi connectivity index (χ0) is 13.8. The van der Waals surface area contributed by atoms with Gasteiger partial charge in [-0.1, -0.05) is 11.6 Å². The molecule has 0 aliphatic carbocycles. The van der Waals surface area contributed by atoms with E-state index in [1.807, 2.05) is 0 Å². The monoisotopic (exact) mass is 292 g/mol. The lowest BCUT2D eigenvalue weighted by molar-refractivity contribution is 0.0953. The van der Waals surface area contributed by atoms with Gasteiger partial charge in [0.1, 0.15) is 5.75 Å². The average molecular weight is 293 g/mol. The van der Waals surface area contributed by atoms with Gasteiger partial charge in [-0.3, -0.25) is 4.79 Å². The van der Waals surface area contributed by atoms with Crippen LogP contribution in [0.25, 0.3) is 0 Å². The molecular weight excluding hydrogens is 280 g/mol. The lowest BCUT2D eigenvalue weighted by atomic mass is 10.2. The maximum atomic E-state index is 11.8. The molecule has 1 aromatic carbocycles. The van der Waals surface area contributed by atoms with E-state index < -0.39 is 15.9 Å². The first-order valence-corrected chi connectivity index (χ1v) is 7.05. The number of nitrogens with two attached hydrogens (primary N) is 1. The lowest BCUT2D eigenvalue weighted by Crippen LogP contribution is -2.31. The molecule has 0 unspecified atom stereocenters. The number of hydrogen-bond acceptors (Lipinski definition) is 4. The number of nitrogens with one attached hydrogen (secondary N) is 1. The van der Waals surface area contributed by atoms with Gasteiger partial charge in [-0.15, -0.1) is 0 Å². The Bertz CT molecular complexity index is 545. The minimum Gasteiger partial charge on any atom is -0.496 e. The molecule has 6 nitrogen and oxygen atoms in total. The van der Waals surface area contributed by atoms with E-state index in [1.54, 1.807) is 6.07 Å². The number of halogens is 1. The van der Waals surface area contributed by atoms with E-state index >= 15 is 0 Å². The van der Waals surface area contributed by atoms with E-state index in [9.17, 15) is 13.2 Å². The van der Waals surface area contributed by atoms with Crippen LogP contribution in [0.1, 0.15) is 10.4 Å². The summed E-state index contributed by atoms with van der Waals surface area (Å²) in [5.41, 5.74) is 0.274. The van der Waals surface area contributed by atoms with Gasteiger partial charge in [0.15, 0.2) is 0 Å². The molecule has 0 saturated heterocycles. The Balaban J connectivity index is 2.73. The summed E-state index contributed by atoms with van der Waals surface area (Å²) >= 11 is 5.76. The molecule has 1 aromatic rings. The van der Waals surface area contributed by atoms with E-state index in [1.165, 1.54) is 19.2 Å². The first-order chi connectivity index (χ1) is 8.33. The normalized spacial score (nSPS) is 11.1. The van der Waals surface area contributed by atoms with E-state index in [0.29, 0.717) is 10.8 Å². The van der Waals surface area contributed by atoms with E-state index in [0.717, 1.165) is 0 Å². The molecule has 1 amide bonds. The Kier molecular flexibility index (Phi) is 4.94. The van der Waals surface area contributed by atoms with Crippen LogP contribution >= 0.6 is 11.6 Å². The summed E-state index contributed by atoms with van der Waals surface area (Å²) in [5.74, 6) is -0.461. The van der Waals surface area contributed by atoms with Crippen molar-refractivity contribution < 1.29 is 17.9 Å². The number of carbonyl (C=O) groups excluding carboxylic acids is 1. The minimum atomic E-state index is -3.59. The third kappa shape index (κ3) is 4.52. The molecule has 8 heteroatoms. The molecule has 3 N–H and O–H groups in total. The van der Waals surface area contributed by atoms with Gasteiger partial charge >= 0.3 is 0 Å². The van der Waals surface area contributed by atoms with Crippen LogP contribution < -0.4 is 15.2 Å². The third-order valence-electron chi connectivity index (χ3n) is 2.08. The van der Waals surface area contributed by atoms with Gasteiger partial charge in [0.2, 0.25) is 10.0 Å². The van der Waals surface area contributed by atoms with E-state index in [2.05, 4.69) is 5.32 Å². The average Bonchev–Trinajstić information content (AvgIpc) is 2.26. The fourth-order valence-corrected chi connectivity index (χ4v) is 1.80. The largest absolute Gasteiger partial charge is 0.496 e. The predicted molar refractivity (Wildman–Crippen MR) is 68.3 cm³/mol. The molecule has 0 aromatic heterocycles. The second kappa shape index (κ2) is 6.03. The number of rotatable bonds is 5. The van der Waals surface area contributed by atoms with Crippen LogP contribution in [0.2, 0.25) is 5.02 Å². The summed E-state index contributed by atoms with van der Waals surface area (Å²) in [6.45, 7) is -0.0660. The van der Waals surface area contributed by atoms with Crippen LogP contribution in [0.4, 0.5) is 0 Å². The molecule has 18 heavy (non-hydrogen) atoms. The number of carbonyl (C=O) groups is 1. The molecule has 100 valence electrons. The van der Waals surface area contributed by atoms with E-state index in [4.69, 9.17) is 21.5 Å². The molecule has 0 aliphatic heterocycles. The van der Waals surface area contributed by atoms with Gasteiger partial charge in [-0.25, -0.2) is 13.6 Å². The van der Waals surface area contributed by atoms with Crippen molar-refractivity contribution in [2.45, 2.75) is 0 Å². The van der Waals surface area contributed by atoms with Gasteiger partial charge in [0.25, 0.3) is 5.91 Å². The summed E-state index contributed by atoms with van der Waals surface area (Å²) in [5, 5.41) is 7.68. The molecule has 0 bridgehead atoms. The molecule has 0 aliphatic rings. The number of methoxy groups -OCH3 is 1. The molecule has 0 spiro atoms. The molecule has 0 fully saturated rings. The zero-order valence-electron chi connectivity index (χ0n) is 9.64. The Labute approximate surface area is 110 Å². The molecule has 0 radical (unpaired) electrons. The number of sulfonamides is 1. The van der Waals surface area contributed by atoms with Crippen LogP contribution in [0.3, 0.4) is 0 Å². The van der Waals surface area contributed by atoms with Gasteiger partial charge in [-0.05, 0) is 18.2 Å². The summed E-state index contributed by atoms with van der Waals surface area (Å²) in [6, 6.07) is 4.53. The Morgan fingerprint density at radius 2 is 2.17 bits per heavy atom. The van der Waals surface area contributed by atoms with Crippen LogP contribution in [-0.2, 0) is 10.0 Å². The van der Waals surface area contributed by atoms with E-state index in [-0.39, 0.29) is 17.9 Å². The summed E-state index contributed by atoms with van der Waals surface area (Å²) < 4.78 is 26.4. The van der Waals surface area contributed by atoms with Gasteiger partial charge < -0.3 is 10.1 Å². The summed E-state index contributed by atoms with van der Waals surface area (Å²) in [6.07, 6.45) is 0. The number of hydrogen-bond donors (Lipinski definition) is 2. The van der Waals surface area contributed by atoms with Crippen molar-refractivity contribution in [1.29, 1.82) is 0 Å². The number of ether oxygens (including phenoxy) is 1. The van der Waals surface area contributed by atoms with Crippen LogP contribution in [0, 0.1) is 0 Å². The lowest BCUT2D eigenvalue weighted by Gasteiger charge is -2.09. The first-order valence-electron chi connectivity index (χ1n) is 4.95. The topological polar surface area (TPSA) is 98.5 Å². The fourth-order valence-electron chi connectivity index (χ4n) is 1.25. The van der Waals surface area contributed by atoms with Crippen molar-refractivity contribution in [2.75, 3.05) is 19.4 Å². The predicted octanol–water partition coefficient (Wildman–Crippen LogP) is 0.367. The smallest absolute Gasteiger partial charge is 0.255 e. The van der Waals surface area contributed by atoms with Gasteiger partial charge in [0, 0.05) is 11.6 Å². The Hall–Kier alpha value is -1.31. The highest BCUT2D eigenvalue weighted by molar-refractivity contribution is 7.89. The highest BCUT2D eigenvalue weighted by atomic mass is 35.5. The standard InChI is InChI=1S/C10H13ClN2O4S/c1-17-9-6-7(11)2-3-8(9)10(14)13-4-5-18(12,15)16/h2-3,6H,4-5H2,1H3,(H,13,14)(H2,12,15,16). The Morgan fingerprint density at radius 1 is 1.50 bits per heavy atom. The highest BCUT2D eigenvalue weighted by Gasteiger charge is 2.13. The third-order valence-corrected chi connectivity index (χ3v) is 3.09. The van der Waals surface area contributed by atoms with Crippen LogP contribution in [-0.4, -0.2) is 33.7 Å². The second-order valence-electron chi connectivity index (χ2n) is 3.47. The van der Waals surface area contributed by atoms with Gasteiger partial charge in [0.05, 0.1) is 18.4 Å². The number of benzene rings is 1. The molecule has 0 heterocycles. The quantitative estimate of drug-likeness (QED) is 0.819. The first kappa shape index (κ1) is 14.7. The van der Waals surface area contributed by atoms with Crippen molar-refractivity contribution in [3.8, 4) is 5.75 Å². The molecule has 1 rings (SSSR count). The molecule has 0 atom stereocenters. The maximum Gasteiger partial charge on any atom is 0.255 e. The van der Waals surface area contributed by atoms with Crippen molar-refractivity contribution in [3.63, 3.8) is 0 Å². The Morgan fingerprint density at radius 3 is 2.72 bits per heavy atom. The van der Waals surface area contributed by atoms with Crippen molar-refractivity contribution in [3.05, 3.63) is 28.8 Å². The molecule has 0 saturated carbocycles. The highest BCUT2D eigenvalue weighted by Crippen LogP contribution is 2.22. The van der Waals surface area contributed by atoms with Crippen molar-refractivity contribution in [1.82, 2.24) is 5.32 Å². The summed E-state index contributed by atoms with van der Waals surface area (Å²) in [4.78, 5) is 11.8. The second-order valence-corrected chi connectivity index (χ2v) is 5.64. The number of amides is 1. The number of primary sulfonamides is 1. The fraction of sp³-hybridized carbons (Fsp3) is 0.300. The summed E-state index contributed by atoms with van der Waals surface area (Å²) in [7, 11) is -2.18. The van der Waals surface area contributed by atoms with Gasteiger partial charge in [-0.2, -0.15) is 0 Å². The maximum absolute atomic E-state index is 11.8. The zero-order valence-corrected chi connectivity index (χ0v) is 11.2.